The van der Waals surface area contributed by atoms with Gasteiger partial charge in [0.1, 0.15) is 5.78 Å². The van der Waals surface area contributed by atoms with Crippen LogP contribution < -0.4 is 5.32 Å². The number of hydrogen-bond donors (Lipinski definition) is 3. The molecule has 1 saturated carbocycles. The molecule has 0 heterocycles. The first kappa shape index (κ1) is 26.3. The Kier molecular flexibility index (Phi) is 12.3. The summed E-state index contributed by atoms with van der Waals surface area (Å²) in [4.78, 5) is 24.3. The van der Waals surface area contributed by atoms with Crippen LogP contribution >= 0.6 is 0 Å². The largest absolute Gasteiger partial charge is 0.392 e. The SMILES string of the molecule is CCCCC[C@H](O)/C=C/[C@@H]1C(CCCCCCC(=O)NCc2ccccc2)C(=O)C[C@H]1O. The highest BCUT2D eigenvalue weighted by atomic mass is 16.3. The predicted octanol–water partition coefficient (Wildman–Crippen LogP) is 4.71. The summed E-state index contributed by atoms with van der Waals surface area (Å²) in [6.07, 6.45) is 11.6. The van der Waals surface area contributed by atoms with E-state index in [1.165, 1.54) is 0 Å². The maximum atomic E-state index is 12.3. The molecule has 1 amide bonds. The maximum Gasteiger partial charge on any atom is 0.220 e. The van der Waals surface area contributed by atoms with Crippen molar-refractivity contribution in [3.05, 3.63) is 48.0 Å². The summed E-state index contributed by atoms with van der Waals surface area (Å²) >= 11 is 0. The first-order valence-electron chi connectivity index (χ1n) is 12.4. The lowest BCUT2D eigenvalue weighted by Crippen LogP contribution is -2.22. The number of Topliss-reactive ketones (excluding diaryl/α,β-unsaturated/α-hetero) is 1. The average Bonchev–Trinajstić information content (AvgIpc) is 3.06. The van der Waals surface area contributed by atoms with Crippen molar-refractivity contribution in [2.24, 2.45) is 11.8 Å². The zero-order valence-electron chi connectivity index (χ0n) is 19.5. The Morgan fingerprint density at radius 2 is 1.88 bits per heavy atom. The number of carbonyl (C=O) groups is 2. The molecule has 2 rings (SSSR count). The van der Waals surface area contributed by atoms with E-state index in [-0.39, 0.29) is 29.9 Å². The fraction of sp³-hybridized carbons (Fsp3) is 0.630. The van der Waals surface area contributed by atoms with Gasteiger partial charge < -0.3 is 15.5 Å². The molecule has 178 valence electrons. The molecule has 5 nitrogen and oxygen atoms in total. The van der Waals surface area contributed by atoms with Crippen LogP contribution in [0.3, 0.4) is 0 Å². The highest BCUT2D eigenvalue weighted by molar-refractivity contribution is 5.84. The van der Waals surface area contributed by atoms with Gasteiger partial charge in [0.15, 0.2) is 0 Å². The zero-order chi connectivity index (χ0) is 23.2. The van der Waals surface area contributed by atoms with Crippen molar-refractivity contribution >= 4 is 11.7 Å². The van der Waals surface area contributed by atoms with Crippen LogP contribution in [0.1, 0.15) is 83.1 Å². The number of aliphatic hydroxyl groups excluding tert-OH is 2. The summed E-state index contributed by atoms with van der Waals surface area (Å²) in [7, 11) is 0. The highest BCUT2D eigenvalue weighted by Gasteiger charge is 2.39. The van der Waals surface area contributed by atoms with E-state index in [1.54, 1.807) is 6.08 Å². The first-order chi connectivity index (χ1) is 15.5. The van der Waals surface area contributed by atoms with Crippen molar-refractivity contribution in [3.63, 3.8) is 0 Å². The van der Waals surface area contributed by atoms with Crippen LogP contribution in [0.25, 0.3) is 0 Å². The van der Waals surface area contributed by atoms with Crippen LogP contribution in [-0.2, 0) is 16.1 Å². The number of unbranched alkanes of at least 4 members (excludes halogenated alkanes) is 5. The standard InChI is InChI=1S/C27H41NO4/c1-2-3-7-14-22(29)17-18-24-23(25(30)19-26(24)31)15-10-4-5-11-16-27(32)28-20-21-12-8-6-9-13-21/h6,8-9,12-13,17-18,22-24,26,29,31H,2-5,7,10-11,14-16,19-20H2,1H3,(H,28,32)/b18-17+/t22-,23?,24+,26+/m0/s1. The molecule has 1 aliphatic rings. The van der Waals surface area contributed by atoms with Gasteiger partial charge in [0, 0.05) is 31.2 Å². The predicted molar refractivity (Wildman–Crippen MR) is 128 cm³/mol. The first-order valence-corrected chi connectivity index (χ1v) is 12.4. The third kappa shape index (κ3) is 9.66. The highest BCUT2D eigenvalue weighted by Crippen LogP contribution is 2.34. The molecular formula is C27H41NO4. The van der Waals surface area contributed by atoms with Gasteiger partial charge >= 0.3 is 0 Å². The number of benzene rings is 1. The molecule has 0 saturated heterocycles. The van der Waals surface area contributed by atoms with Gasteiger partial charge in [-0.05, 0) is 24.8 Å². The molecule has 4 atom stereocenters. The third-order valence-electron chi connectivity index (χ3n) is 6.39. The number of rotatable bonds is 15. The molecule has 1 unspecified atom stereocenters. The minimum atomic E-state index is -0.639. The molecule has 0 spiro atoms. The van der Waals surface area contributed by atoms with Crippen LogP contribution in [0.4, 0.5) is 0 Å². The Morgan fingerprint density at radius 3 is 2.62 bits per heavy atom. The minimum absolute atomic E-state index is 0.0747. The Labute approximate surface area is 193 Å². The van der Waals surface area contributed by atoms with Gasteiger partial charge in [0.05, 0.1) is 12.2 Å². The van der Waals surface area contributed by atoms with Crippen molar-refractivity contribution in [3.8, 4) is 0 Å². The normalized spacial score (nSPS) is 21.8. The summed E-state index contributed by atoms with van der Waals surface area (Å²) in [5.41, 5.74) is 1.10. The van der Waals surface area contributed by atoms with Gasteiger partial charge in [-0.25, -0.2) is 0 Å². The molecule has 0 aromatic heterocycles. The third-order valence-corrected chi connectivity index (χ3v) is 6.39. The summed E-state index contributed by atoms with van der Waals surface area (Å²) in [5, 5.41) is 23.4. The number of carbonyl (C=O) groups excluding carboxylic acids is 2. The Hall–Kier alpha value is -1.98. The topological polar surface area (TPSA) is 86.6 Å². The fourth-order valence-corrected chi connectivity index (χ4v) is 4.44. The fourth-order valence-electron chi connectivity index (χ4n) is 4.44. The van der Waals surface area contributed by atoms with Crippen molar-refractivity contribution in [2.45, 2.75) is 96.3 Å². The van der Waals surface area contributed by atoms with Gasteiger partial charge in [-0.15, -0.1) is 0 Å². The van der Waals surface area contributed by atoms with E-state index < -0.39 is 12.2 Å². The zero-order valence-corrected chi connectivity index (χ0v) is 19.5. The molecule has 0 bridgehead atoms. The minimum Gasteiger partial charge on any atom is -0.392 e. The smallest absolute Gasteiger partial charge is 0.220 e. The number of hydrogen-bond acceptors (Lipinski definition) is 4. The van der Waals surface area contributed by atoms with Gasteiger partial charge in [0.2, 0.25) is 5.91 Å². The summed E-state index contributed by atoms with van der Waals surface area (Å²) in [6, 6.07) is 9.88. The molecular weight excluding hydrogens is 402 g/mol. The van der Waals surface area contributed by atoms with E-state index in [9.17, 15) is 19.8 Å². The molecule has 32 heavy (non-hydrogen) atoms. The van der Waals surface area contributed by atoms with E-state index in [1.807, 2.05) is 36.4 Å². The lowest BCUT2D eigenvalue weighted by molar-refractivity contribution is -0.122. The van der Waals surface area contributed by atoms with Crippen LogP contribution in [0.15, 0.2) is 42.5 Å². The molecule has 1 fully saturated rings. The van der Waals surface area contributed by atoms with E-state index >= 15 is 0 Å². The second-order valence-electron chi connectivity index (χ2n) is 9.08. The van der Waals surface area contributed by atoms with Gasteiger partial charge in [-0.3, -0.25) is 9.59 Å². The van der Waals surface area contributed by atoms with Gasteiger partial charge in [-0.1, -0.05) is 87.9 Å². The van der Waals surface area contributed by atoms with Crippen molar-refractivity contribution < 1.29 is 19.8 Å². The van der Waals surface area contributed by atoms with Crippen LogP contribution in [-0.4, -0.2) is 34.1 Å². The van der Waals surface area contributed by atoms with Gasteiger partial charge in [-0.2, -0.15) is 0 Å². The summed E-state index contributed by atoms with van der Waals surface area (Å²) < 4.78 is 0. The molecule has 0 aliphatic heterocycles. The van der Waals surface area contributed by atoms with Crippen molar-refractivity contribution in [2.75, 3.05) is 0 Å². The monoisotopic (exact) mass is 443 g/mol. The Morgan fingerprint density at radius 1 is 1.12 bits per heavy atom. The molecule has 1 aliphatic carbocycles. The molecule has 3 N–H and O–H groups in total. The van der Waals surface area contributed by atoms with Crippen LogP contribution in [0.5, 0.6) is 0 Å². The lowest BCUT2D eigenvalue weighted by atomic mass is 9.88. The molecule has 5 heteroatoms. The summed E-state index contributed by atoms with van der Waals surface area (Å²) in [5.74, 6) is -0.135. The second kappa shape index (κ2) is 15.0. The van der Waals surface area contributed by atoms with E-state index in [0.717, 1.165) is 63.4 Å². The van der Waals surface area contributed by atoms with Gasteiger partial charge in [0.25, 0.3) is 0 Å². The number of nitrogens with one attached hydrogen (secondary N) is 1. The van der Waals surface area contributed by atoms with E-state index in [0.29, 0.717) is 13.0 Å². The Bertz CT molecular complexity index is 703. The van der Waals surface area contributed by atoms with Crippen LogP contribution in [0.2, 0.25) is 0 Å². The molecule has 0 radical (unpaired) electrons. The number of amides is 1. The van der Waals surface area contributed by atoms with Crippen LogP contribution in [0, 0.1) is 11.8 Å². The maximum absolute atomic E-state index is 12.3. The lowest BCUT2D eigenvalue weighted by Gasteiger charge is -2.18. The number of aliphatic hydroxyl groups is 2. The molecule has 1 aromatic carbocycles. The van der Waals surface area contributed by atoms with Crippen molar-refractivity contribution in [1.82, 2.24) is 5.32 Å². The number of ketones is 1. The Balaban J connectivity index is 1.62. The average molecular weight is 444 g/mol. The second-order valence-corrected chi connectivity index (χ2v) is 9.08. The van der Waals surface area contributed by atoms with E-state index in [2.05, 4.69) is 12.2 Å². The quantitative estimate of drug-likeness (QED) is 0.271. The van der Waals surface area contributed by atoms with E-state index in [4.69, 9.17) is 0 Å². The molecule has 1 aromatic rings. The van der Waals surface area contributed by atoms with Crippen molar-refractivity contribution in [1.29, 1.82) is 0 Å². The summed E-state index contributed by atoms with van der Waals surface area (Å²) in [6.45, 7) is 2.70.